The molecule has 0 spiro atoms. The van der Waals surface area contributed by atoms with Gasteiger partial charge in [-0.2, -0.15) is 15.0 Å². The molecule has 0 aliphatic heterocycles. The molecule has 0 radical (unpaired) electrons. The molecule has 0 fully saturated rings. The van der Waals surface area contributed by atoms with Crippen LogP contribution in [0.15, 0.2) is 67.3 Å². The molecule has 4 aromatic rings. The van der Waals surface area contributed by atoms with Gasteiger partial charge in [0.15, 0.2) is 0 Å². The molecule has 10 heteroatoms. The van der Waals surface area contributed by atoms with E-state index < -0.39 is 0 Å². The Kier molecular flexibility index (Phi) is 7.06. The Hall–Kier alpha value is -4.47. The highest BCUT2D eigenvalue weighted by atomic mass is 16.5. The van der Waals surface area contributed by atoms with E-state index in [0.717, 1.165) is 11.1 Å². The van der Waals surface area contributed by atoms with Crippen molar-refractivity contribution in [2.45, 2.75) is 13.1 Å². The van der Waals surface area contributed by atoms with Gasteiger partial charge in [0.1, 0.15) is 11.5 Å². The Labute approximate surface area is 191 Å². The Morgan fingerprint density at radius 1 is 0.727 bits per heavy atom. The van der Waals surface area contributed by atoms with Crippen LogP contribution in [-0.4, -0.2) is 39.1 Å². The molecular weight excluding hydrogens is 420 g/mol. The topological polar surface area (TPSA) is 119 Å². The molecule has 33 heavy (non-hydrogen) atoms. The van der Waals surface area contributed by atoms with Gasteiger partial charge in [0.25, 0.3) is 0 Å². The molecule has 0 bridgehead atoms. The highest BCUT2D eigenvalue weighted by Gasteiger charge is 2.11. The second-order valence-corrected chi connectivity index (χ2v) is 6.93. The van der Waals surface area contributed by atoms with Crippen LogP contribution < -0.4 is 25.4 Å². The van der Waals surface area contributed by atoms with Crippen LogP contribution in [0.4, 0.5) is 23.5 Å². The Bertz CT molecular complexity index is 1110. The lowest BCUT2D eigenvalue weighted by atomic mass is 10.2. The minimum Gasteiger partial charge on any atom is -0.497 e. The quantitative estimate of drug-likeness (QED) is 0.334. The van der Waals surface area contributed by atoms with Crippen LogP contribution in [0.1, 0.15) is 11.1 Å². The molecule has 0 atom stereocenters. The number of nitrogens with zero attached hydrogens (tertiary/aromatic N) is 5. The number of rotatable bonds is 10. The van der Waals surface area contributed by atoms with Crippen LogP contribution in [0.25, 0.3) is 0 Å². The van der Waals surface area contributed by atoms with Crippen molar-refractivity contribution in [2.75, 3.05) is 30.2 Å². The number of pyridine rings is 2. The maximum absolute atomic E-state index is 5.47. The molecule has 168 valence electrons. The number of anilines is 4. The molecular formula is C23H24N8O2. The number of benzene rings is 1. The second kappa shape index (κ2) is 10.7. The highest BCUT2D eigenvalue weighted by Crippen LogP contribution is 2.31. The van der Waals surface area contributed by atoms with Gasteiger partial charge in [-0.1, -0.05) is 12.1 Å². The summed E-state index contributed by atoms with van der Waals surface area (Å²) in [5, 5.41) is 9.66. The van der Waals surface area contributed by atoms with Gasteiger partial charge in [-0.05, 0) is 35.4 Å². The summed E-state index contributed by atoms with van der Waals surface area (Å²) in [7, 11) is 3.20. The number of hydrogen-bond donors (Lipinski definition) is 3. The Morgan fingerprint density at radius 2 is 1.33 bits per heavy atom. The summed E-state index contributed by atoms with van der Waals surface area (Å²) in [4.78, 5) is 21.8. The second-order valence-electron chi connectivity index (χ2n) is 6.93. The summed E-state index contributed by atoms with van der Waals surface area (Å²) in [5.74, 6) is 2.47. The fourth-order valence-electron chi connectivity index (χ4n) is 2.98. The molecule has 0 amide bonds. The smallest absolute Gasteiger partial charge is 0.233 e. The van der Waals surface area contributed by atoms with Gasteiger partial charge in [0.05, 0.1) is 19.9 Å². The summed E-state index contributed by atoms with van der Waals surface area (Å²) in [6.07, 6.45) is 7.04. The van der Waals surface area contributed by atoms with Crippen molar-refractivity contribution >= 4 is 23.5 Å². The van der Waals surface area contributed by atoms with Crippen LogP contribution in [0.5, 0.6) is 11.5 Å². The normalized spacial score (nSPS) is 10.4. The standard InChI is InChI=1S/C23H24N8O2/c1-32-18-7-8-19(20(11-18)33-2)28-23-30-21(26-14-16-5-3-9-24-12-16)29-22(31-23)27-15-17-6-4-10-25-13-17/h3-13H,14-15H2,1-2H3,(H3,26,27,28,29,30,31). The van der Waals surface area contributed by atoms with E-state index in [2.05, 4.69) is 40.9 Å². The number of methoxy groups -OCH3 is 2. The third kappa shape index (κ3) is 6.03. The molecule has 10 nitrogen and oxygen atoms in total. The van der Waals surface area contributed by atoms with Gasteiger partial charge in [0, 0.05) is 43.9 Å². The third-order valence-electron chi connectivity index (χ3n) is 4.64. The van der Waals surface area contributed by atoms with Gasteiger partial charge in [-0.25, -0.2) is 0 Å². The monoisotopic (exact) mass is 444 g/mol. The third-order valence-corrected chi connectivity index (χ3v) is 4.64. The zero-order valence-electron chi connectivity index (χ0n) is 18.3. The average Bonchev–Trinajstić information content (AvgIpc) is 2.87. The fraction of sp³-hybridized carbons (Fsp3) is 0.174. The van der Waals surface area contributed by atoms with E-state index in [1.807, 2.05) is 36.4 Å². The van der Waals surface area contributed by atoms with E-state index >= 15 is 0 Å². The van der Waals surface area contributed by atoms with Gasteiger partial charge in [-0.15, -0.1) is 0 Å². The van der Waals surface area contributed by atoms with E-state index in [-0.39, 0.29) is 0 Å². The number of ether oxygens (including phenoxy) is 2. The summed E-state index contributed by atoms with van der Waals surface area (Å²) >= 11 is 0. The molecule has 4 rings (SSSR count). The van der Waals surface area contributed by atoms with Crippen LogP contribution >= 0.6 is 0 Å². The summed E-state index contributed by atoms with van der Waals surface area (Å²) < 4.78 is 10.7. The molecule has 0 aliphatic rings. The summed E-state index contributed by atoms with van der Waals surface area (Å²) in [6.45, 7) is 1.04. The number of hydrogen-bond acceptors (Lipinski definition) is 10. The summed E-state index contributed by atoms with van der Waals surface area (Å²) in [6, 6.07) is 13.2. The molecule has 3 N–H and O–H groups in total. The van der Waals surface area contributed by atoms with E-state index in [9.17, 15) is 0 Å². The predicted molar refractivity (Wildman–Crippen MR) is 126 cm³/mol. The molecule has 3 aromatic heterocycles. The van der Waals surface area contributed by atoms with Crippen molar-refractivity contribution < 1.29 is 9.47 Å². The lowest BCUT2D eigenvalue weighted by Gasteiger charge is -2.14. The minimum absolute atomic E-state index is 0.357. The van der Waals surface area contributed by atoms with E-state index in [4.69, 9.17) is 9.47 Å². The fourth-order valence-corrected chi connectivity index (χ4v) is 2.98. The van der Waals surface area contributed by atoms with E-state index in [1.165, 1.54) is 0 Å². The minimum atomic E-state index is 0.357. The van der Waals surface area contributed by atoms with Gasteiger partial charge >= 0.3 is 0 Å². The first-order valence-electron chi connectivity index (χ1n) is 10.2. The highest BCUT2D eigenvalue weighted by molar-refractivity contribution is 5.65. The lowest BCUT2D eigenvalue weighted by molar-refractivity contribution is 0.395. The SMILES string of the molecule is COc1ccc(Nc2nc(NCc3cccnc3)nc(NCc3cccnc3)n2)c(OC)c1. The first kappa shape index (κ1) is 21.8. The summed E-state index contributed by atoms with van der Waals surface area (Å²) in [5.41, 5.74) is 2.71. The van der Waals surface area contributed by atoms with Crippen molar-refractivity contribution in [3.63, 3.8) is 0 Å². The van der Waals surface area contributed by atoms with Gasteiger partial charge in [-0.3, -0.25) is 9.97 Å². The largest absolute Gasteiger partial charge is 0.497 e. The molecule has 0 unspecified atom stereocenters. The lowest BCUT2D eigenvalue weighted by Crippen LogP contribution is -2.11. The first-order chi connectivity index (χ1) is 16.2. The van der Waals surface area contributed by atoms with Gasteiger partial charge < -0.3 is 25.4 Å². The van der Waals surface area contributed by atoms with Gasteiger partial charge in [0.2, 0.25) is 17.8 Å². The van der Waals surface area contributed by atoms with Crippen molar-refractivity contribution in [1.29, 1.82) is 0 Å². The number of aromatic nitrogens is 5. The van der Waals surface area contributed by atoms with Crippen LogP contribution in [0, 0.1) is 0 Å². The van der Waals surface area contributed by atoms with Crippen molar-refractivity contribution in [3.8, 4) is 11.5 Å². The Morgan fingerprint density at radius 3 is 1.85 bits per heavy atom. The molecule has 3 heterocycles. The first-order valence-corrected chi connectivity index (χ1v) is 10.2. The van der Waals surface area contributed by atoms with Crippen molar-refractivity contribution in [3.05, 3.63) is 78.4 Å². The zero-order valence-corrected chi connectivity index (χ0v) is 18.3. The molecule has 1 aromatic carbocycles. The van der Waals surface area contributed by atoms with E-state index in [1.54, 1.807) is 45.1 Å². The van der Waals surface area contributed by atoms with E-state index in [0.29, 0.717) is 48.1 Å². The van der Waals surface area contributed by atoms with Crippen molar-refractivity contribution in [2.24, 2.45) is 0 Å². The maximum atomic E-state index is 5.47. The zero-order chi connectivity index (χ0) is 22.9. The van der Waals surface area contributed by atoms with Crippen LogP contribution in [-0.2, 0) is 13.1 Å². The maximum Gasteiger partial charge on any atom is 0.233 e. The van der Waals surface area contributed by atoms with Crippen molar-refractivity contribution in [1.82, 2.24) is 24.9 Å². The number of nitrogens with one attached hydrogen (secondary N) is 3. The molecule has 0 saturated heterocycles. The average molecular weight is 444 g/mol. The predicted octanol–water partition coefficient (Wildman–Crippen LogP) is 3.65. The Balaban J connectivity index is 1.57. The molecule has 0 saturated carbocycles. The van der Waals surface area contributed by atoms with Crippen LogP contribution in [0.3, 0.4) is 0 Å². The molecule has 0 aliphatic carbocycles. The van der Waals surface area contributed by atoms with Crippen LogP contribution in [0.2, 0.25) is 0 Å².